The molecule has 0 saturated heterocycles. The van der Waals surface area contributed by atoms with Gasteiger partial charge >= 0.3 is 0 Å². The maximum Gasteiger partial charge on any atom is 0.264 e. The molecular formula is C18H22N2O3S2. The SMILES string of the molecule is CCCCS(=O)(=O)Nc1ccc2c(c1)CN(C(=O)c1cccs1)CC2. The molecule has 0 fully saturated rings. The van der Waals surface area contributed by atoms with Gasteiger partial charge in [0.25, 0.3) is 5.91 Å². The van der Waals surface area contributed by atoms with Crippen LogP contribution in [0.3, 0.4) is 0 Å². The molecule has 2 aromatic rings. The molecular weight excluding hydrogens is 356 g/mol. The van der Waals surface area contributed by atoms with Crippen LogP contribution in [0.2, 0.25) is 0 Å². The fraction of sp³-hybridized carbons (Fsp3) is 0.389. The number of hydrogen-bond donors (Lipinski definition) is 1. The molecule has 1 aliphatic heterocycles. The number of sulfonamides is 1. The van der Waals surface area contributed by atoms with Crippen molar-refractivity contribution in [3.8, 4) is 0 Å². The second kappa shape index (κ2) is 7.58. The second-order valence-electron chi connectivity index (χ2n) is 6.21. The normalized spacial score (nSPS) is 14.2. The van der Waals surface area contributed by atoms with Crippen molar-refractivity contribution in [3.05, 3.63) is 51.7 Å². The Bertz CT molecular complexity index is 845. The molecule has 1 aromatic carbocycles. The summed E-state index contributed by atoms with van der Waals surface area (Å²) in [6.45, 7) is 3.16. The molecule has 0 unspecified atom stereocenters. The van der Waals surface area contributed by atoms with E-state index in [2.05, 4.69) is 4.72 Å². The van der Waals surface area contributed by atoms with Crippen LogP contribution in [0.15, 0.2) is 35.7 Å². The molecule has 1 N–H and O–H groups in total. The van der Waals surface area contributed by atoms with Crippen molar-refractivity contribution in [1.29, 1.82) is 0 Å². The zero-order chi connectivity index (χ0) is 17.9. The van der Waals surface area contributed by atoms with Crippen molar-refractivity contribution < 1.29 is 13.2 Å². The summed E-state index contributed by atoms with van der Waals surface area (Å²) in [5.74, 6) is 0.165. The first-order valence-electron chi connectivity index (χ1n) is 8.43. The monoisotopic (exact) mass is 378 g/mol. The predicted molar refractivity (Wildman–Crippen MR) is 102 cm³/mol. The average Bonchev–Trinajstić information content (AvgIpc) is 3.13. The van der Waals surface area contributed by atoms with Crippen LogP contribution in [0.5, 0.6) is 0 Å². The van der Waals surface area contributed by atoms with E-state index in [4.69, 9.17) is 0 Å². The first-order chi connectivity index (χ1) is 12.0. The predicted octanol–water partition coefficient (Wildman–Crippen LogP) is 3.49. The van der Waals surface area contributed by atoms with Gasteiger partial charge in [0.05, 0.1) is 10.6 Å². The third-order valence-electron chi connectivity index (χ3n) is 4.28. The number of thiophene rings is 1. The van der Waals surface area contributed by atoms with Crippen LogP contribution in [-0.4, -0.2) is 31.5 Å². The molecule has 134 valence electrons. The molecule has 0 aliphatic carbocycles. The summed E-state index contributed by atoms with van der Waals surface area (Å²) >= 11 is 1.44. The highest BCUT2D eigenvalue weighted by Crippen LogP contribution is 2.25. The minimum atomic E-state index is -3.32. The number of amides is 1. The quantitative estimate of drug-likeness (QED) is 0.837. The van der Waals surface area contributed by atoms with Crippen molar-refractivity contribution in [2.75, 3.05) is 17.0 Å². The molecule has 0 bridgehead atoms. The number of carbonyl (C=O) groups excluding carboxylic acids is 1. The number of benzene rings is 1. The summed E-state index contributed by atoms with van der Waals surface area (Å²) < 4.78 is 26.8. The fourth-order valence-electron chi connectivity index (χ4n) is 2.91. The van der Waals surface area contributed by atoms with E-state index in [9.17, 15) is 13.2 Å². The number of carbonyl (C=O) groups is 1. The molecule has 1 amide bonds. The van der Waals surface area contributed by atoms with Gasteiger partial charge in [0.15, 0.2) is 0 Å². The summed E-state index contributed by atoms with van der Waals surface area (Å²) in [5, 5.41) is 1.90. The highest BCUT2D eigenvalue weighted by atomic mass is 32.2. The van der Waals surface area contributed by atoms with Gasteiger partial charge in [-0.15, -0.1) is 11.3 Å². The maximum absolute atomic E-state index is 12.5. The van der Waals surface area contributed by atoms with Crippen molar-refractivity contribution in [2.45, 2.75) is 32.7 Å². The van der Waals surface area contributed by atoms with Crippen molar-refractivity contribution >= 4 is 33.0 Å². The Kier molecular flexibility index (Phi) is 5.44. The minimum absolute atomic E-state index is 0.0366. The average molecular weight is 379 g/mol. The Morgan fingerprint density at radius 2 is 2.12 bits per heavy atom. The molecule has 25 heavy (non-hydrogen) atoms. The molecule has 5 nitrogen and oxygen atoms in total. The lowest BCUT2D eigenvalue weighted by Crippen LogP contribution is -2.35. The largest absolute Gasteiger partial charge is 0.333 e. The third-order valence-corrected chi connectivity index (χ3v) is 6.51. The van der Waals surface area contributed by atoms with E-state index < -0.39 is 10.0 Å². The lowest BCUT2D eigenvalue weighted by Gasteiger charge is -2.29. The Labute approximate surface area is 152 Å². The number of anilines is 1. The van der Waals surface area contributed by atoms with E-state index in [1.807, 2.05) is 41.5 Å². The minimum Gasteiger partial charge on any atom is -0.333 e. The number of unbranched alkanes of at least 4 members (excludes halogenated alkanes) is 1. The number of rotatable bonds is 6. The first kappa shape index (κ1) is 17.9. The molecule has 7 heteroatoms. The highest BCUT2D eigenvalue weighted by molar-refractivity contribution is 7.92. The molecule has 3 rings (SSSR count). The van der Waals surface area contributed by atoms with Crippen LogP contribution in [0.4, 0.5) is 5.69 Å². The Morgan fingerprint density at radius 1 is 1.28 bits per heavy atom. The smallest absolute Gasteiger partial charge is 0.264 e. The van der Waals surface area contributed by atoms with Gasteiger partial charge in [-0.3, -0.25) is 9.52 Å². The fourth-order valence-corrected chi connectivity index (χ4v) is 4.86. The van der Waals surface area contributed by atoms with Gasteiger partial charge in [0.1, 0.15) is 0 Å². The summed E-state index contributed by atoms with van der Waals surface area (Å²) in [4.78, 5) is 15.1. The van der Waals surface area contributed by atoms with E-state index in [0.29, 0.717) is 25.2 Å². The summed E-state index contributed by atoms with van der Waals surface area (Å²) in [5.41, 5.74) is 2.75. The van der Waals surface area contributed by atoms with E-state index in [0.717, 1.165) is 23.3 Å². The number of nitrogens with zero attached hydrogens (tertiary/aromatic N) is 1. The lowest BCUT2D eigenvalue weighted by molar-refractivity contribution is 0.0739. The first-order valence-corrected chi connectivity index (χ1v) is 11.0. The van der Waals surface area contributed by atoms with Gasteiger partial charge in [-0.05, 0) is 47.5 Å². The Balaban J connectivity index is 1.74. The summed E-state index contributed by atoms with van der Waals surface area (Å²) in [6, 6.07) is 9.32. The maximum atomic E-state index is 12.5. The van der Waals surface area contributed by atoms with Crippen LogP contribution in [-0.2, 0) is 23.0 Å². The summed E-state index contributed by atoms with van der Waals surface area (Å²) in [6.07, 6.45) is 2.27. The van der Waals surface area contributed by atoms with E-state index in [-0.39, 0.29) is 11.7 Å². The van der Waals surface area contributed by atoms with Gasteiger partial charge in [-0.2, -0.15) is 0 Å². The topological polar surface area (TPSA) is 66.5 Å². The zero-order valence-electron chi connectivity index (χ0n) is 14.2. The van der Waals surface area contributed by atoms with Crippen molar-refractivity contribution in [1.82, 2.24) is 4.90 Å². The van der Waals surface area contributed by atoms with Gasteiger partial charge in [0.2, 0.25) is 10.0 Å². The van der Waals surface area contributed by atoms with Gasteiger partial charge in [-0.1, -0.05) is 25.5 Å². The molecule has 0 radical (unpaired) electrons. The third kappa shape index (κ3) is 4.41. The zero-order valence-corrected chi connectivity index (χ0v) is 15.8. The Hall–Kier alpha value is -1.86. The van der Waals surface area contributed by atoms with Crippen LogP contribution in [0.1, 0.15) is 40.6 Å². The molecule has 0 atom stereocenters. The van der Waals surface area contributed by atoms with Crippen molar-refractivity contribution in [3.63, 3.8) is 0 Å². The molecule has 0 spiro atoms. The van der Waals surface area contributed by atoms with E-state index >= 15 is 0 Å². The standard InChI is InChI=1S/C18H22N2O3S2/c1-2-3-11-25(22,23)19-16-7-6-14-8-9-20(13-15(14)12-16)18(21)17-5-4-10-24-17/h4-7,10,12,19H,2-3,8-9,11,13H2,1H3. The highest BCUT2D eigenvalue weighted by Gasteiger charge is 2.23. The van der Waals surface area contributed by atoms with Gasteiger partial charge < -0.3 is 4.90 Å². The molecule has 0 saturated carbocycles. The molecule has 1 aromatic heterocycles. The second-order valence-corrected chi connectivity index (χ2v) is 9.00. The van der Waals surface area contributed by atoms with Crippen LogP contribution in [0.25, 0.3) is 0 Å². The van der Waals surface area contributed by atoms with Crippen LogP contribution < -0.4 is 4.72 Å². The number of fused-ring (bicyclic) bond motifs is 1. The molecule has 1 aliphatic rings. The van der Waals surface area contributed by atoms with Gasteiger partial charge in [0, 0.05) is 18.8 Å². The number of hydrogen-bond acceptors (Lipinski definition) is 4. The Morgan fingerprint density at radius 3 is 2.84 bits per heavy atom. The van der Waals surface area contributed by atoms with Crippen LogP contribution in [0, 0.1) is 0 Å². The van der Waals surface area contributed by atoms with Crippen molar-refractivity contribution in [2.24, 2.45) is 0 Å². The lowest BCUT2D eigenvalue weighted by atomic mass is 9.99. The van der Waals surface area contributed by atoms with Gasteiger partial charge in [-0.25, -0.2) is 8.42 Å². The van der Waals surface area contributed by atoms with Crippen LogP contribution >= 0.6 is 11.3 Å². The van der Waals surface area contributed by atoms with E-state index in [1.165, 1.54) is 16.9 Å². The molecule has 2 heterocycles. The van der Waals surface area contributed by atoms with E-state index in [1.54, 1.807) is 6.07 Å². The summed E-state index contributed by atoms with van der Waals surface area (Å²) in [7, 11) is -3.32. The number of nitrogens with one attached hydrogen (secondary N) is 1.